The standard InChI is InChI=1S/C17H21N3O/c1-14-7-11-20(18-14)12-9-17(21)19-10-8-16(13-19)15-5-3-2-4-6-15/h2-7,11,16H,8-10,12-13H2,1H3/t16-/m0/s1. The Morgan fingerprint density at radius 1 is 1.29 bits per heavy atom. The van der Waals surface area contributed by atoms with Crippen molar-refractivity contribution in [3.8, 4) is 0 Å². The largest absolute Gasteiger partial charge is 0.342 e. The normalized spacial score (nSPS) is 18.1. The van der Waals surface area contributed by atoms with Crippen LogP contribution in [0.4, 0.5) is 0 Å². The zero-order valence-electron chi connectivity index (χ0n) is 12.4. The van der Waals surface area contributed by atoms with Crippen molar-refractivity contribution in [2.75, 3.05) is 13.1 Å². The SMILES string of the molecule is Cc1ccn(CCC(=O)N2CC[C@H](c3ccccc3)C2)n1. The molecule has 1 aliphatic rings. The third-order valence-corrected chi connectivity index (χ3v) is 4.14. The van der Waals surface area contributed by atoms with Crippen LogP contribution in [0.15, 0.2) is 42.6 Å². The van der Waals surface area contributed by atoms with E-state index < -0.39 is 0 Å². The van der Waals surface area contributed by atoms with Crippen molar-refractivity contribution in [1.29, 1.82) is 0 Å². The van der Waals surface area contributed by atoms with Gasteiger partial charge in [0.05, 0.1) is 5.69 Å². The first-order valence-corrected chi connectivity index (χ1v) is 7.55. The van der Waals surface area contributed by atoms with Gasteiger partial charge < -0.3 is 4.90 Å². The molecule has 1 fully saturated rings. The molecule has 4 nitrogen and oxygen atoms in total. The molecule has 0 N–H and O–H groups in total. The van der Waals surface area contributed by atoms with E-state index in [0.717, 1.165) is 25.2 Å². The number of hydrogen-bond acceptors (Lipinski definition) is 2. The van der Waals surface area contributed by atoms with Gasteiger partial charge in [-0.05, 0) is 25.0 Å². The number of hydrogen-bond donors (Lipinski definition) is 0. The van der Waals surface area contributed by atoms with Crippen LogP contribution in [0.5, 0.6) is 0 Å². The van der Waals surface area contributed by atoms with Gasteiger partial charge in [-0.3, -0.25) is 9.48 Å². The van der Waals surface area contributed by atoms with Gasteiger partial charge in [-0.25, -0.2) is 0 Å². The number of nitrogens with zero attached hydrogens (tertiary/aromatic N) is 3. The van der Waals surface area contributed by atoms with Gasteiger partial charge >= 0.3 is 0 Å². The zero-order chi connectivity index (χ0) is 14.7. The Morgan fingerprint density at radius 2 is 2.10 bits per heavy atom. The number of carbonyl (C=O) groups is 1. The lowest BCUT2D eigenvalue weighted by Gasteiger charge is -2.16. The number of amides is 1. The molecule has 110 valence electrons. The molecule has 1 amide bonds. The average molecular weight is 283 g/mol. The molecule has 0 saturated carbocycles. The molecule has 1 saturated heterocycles. The molecule has 0 bridgehead atoms. The van der Waals surface area contributed by atoms with Crippen LogP contribution in [0.3, 0.4) is 0 Å². The minimum atomic E-state index is 0.238. The molecule has 1 aromatic carbocycles. The summed E-state index contributed by atoms with van der Waals surface area (Å²) in [6, 6.07) is 12.5. The van der Waals surface area contributed by atoms with Gasteiger partial charge in [-0.2, -0.15) is 5.10 Å². The molecule has 0 spiro atoms. The number of likely N-dealkylation sites (tertiary alicyclic amines) is 1. The maximum atomic E-state index is 12.3. The molecular weight excluding hydrogens is 262 g/mol. The third-order valence-electron chi connectivity index (χ3n) is 4.14. The summed E-state index contributed by atoms with van der Waals surface area (Å²) in [6.07, 6.45) is 3.53. The van der Waals surface area contributed by atoms with Gasteiger partial charge in [0.25, 0.3) is 0 Å². The summed E-state index contributed by atoms with van der Waals surface area (Å²) in [5.41, 5.74) is 2.34. The number of rotatable bonds is 4. The van der Waals surface area contributed by atoms with Crippen LogP contribution in [0.2, 0.25) is 0 Å². The summed E-state index contributed by atoms with van der Waals surface area (Å²) >= 11 is 0. The fourth-order valence-corrected chi connectivity index (χ4v) is 2.94. The lowest BCUT2D eigenvalue weighted by atomic mass is 9.99. The summed E-state index contributed by atoms with van der Waals surface area (Å²) < 4.78 is 1.85. The minimum absolute atomic E-state index is 0.238. The van der Waals surface area contributed by atoms with Crippen molar-refractivity contribution < 1.29 is 4.79 Å². The van der Waals surface area contributed by atoms with E-state index in [1.165, 1.54) is 5.56 Å². The first-order valence-electron chi connectivity index (χ1n) is 7.55. The van der Waals surface area contributed by atoms with Crippen molar-refractivity contribution in [1.82, 2.24) is 14.7 Å². The lowest BCUT2D eigenvalue weighted by Crippen LogP contribution is -2.29. The van der Waals surface area contributed by atoms with Gasteiger partial charge in [-0.15, -0.1) is 0 Å². The molecular formula is C17H21N3O. The van der Waals surface area contributed by atoms with E-state index in [-0.39, 0.29) is 5.91 Å². The Balaban J connectivity index is 1.52. The highest BCUT2D eigenvalue weighted by atomic mass is 16.2. The van der Waals surface area contributed by atoms with Crippen LogP contribution in [0, 0.1) is 6.92 Å². The Hall–Kier alpha value is -2.10. The molecule has 2 heterocycles. The highest BCUT2D eigenvalue weighted by Gasteiger charge is 2.26. The van der Waals surface area contributed by atoms with Crippen LogP contribution in [-0.4, -0.2) is 33.7 Å². The predicted octanol–water partition coefficient (Wildman–Crippen LogP) is 2.60. The molecule has 1 atom stereocenters. The zero-order valence-corrected chi connectivity index (χ0v) is 12.4. The Bertz CT molecular complexity index is 606. The van der Waals surface area contributed by atoms with Gasteiger partial charge in [0.1, 0.15) is 0 Å². The second-order valence-corrected chi connectivity index (χ2v) is 5.71. The van der Waals surface area contributed by atoms with E-state index in [2.05, 4.69) is 29.4 Å². The van der Waals surface area contributed by atoms with E-state index in [0.29, 0.717) is 18.9 Å². The van der Waals surface area contributed by atoms with E-state index in [9.17, 15) is 4.79 Å². The van der Waals surface area contributed by atoms with Gasteiger partial charge in [0, 0.05) is 38.2 Å². The van der Waals surface area contributed by atoms with Crippen LogP contribution in [0.25, 0.3) is 0 Å². The number of carbonyl (C=O) groups excluding carboxylic acids is 1. The van der Waals surface area contributed by atoms with E-state index >= 15 is 0 Å². The summed E-state index contributed by atoms with van der Waals surface area (Å²) in [5.74, 6) is 0.726. The maximum Gasteiger partial charge on any atom is 0.224 e. The molecule has 1 aromatic heterocycles. The molecule has 0 unspecified atom stereocenters. The number of benzene rings is 1. The van der Waals surface area contributed by atoms with Crippen molar-refractivity contribution >= 4 is 5.91 Å². The quantitative estimate of drug-likeness (QED) is 0.865. The van der Waals surface area contributed by atoms with E-state index in [4.69, 9.17) is 0 Å². The molecule has 2 aromatic rings. The Labute approximate surface area is 125 Å². The van der Waals surface area contributed by atoms with Crippen LogP contribution in [0.1, 0.15) is 30.0 Å². The number of aryl methyl sites for hydroxylation is 2. The van der Waals surface area contributed by atoms with E-state index in [1.807, 2.05) is 34.8 Å². The third kappa shape index (κ3) is 3.32. The maximum absolute atomic E-state index is 12.3. The summed E-state index contributed by atoms with van der Waals surface area (Å²) in [6.45, 7) is 4.35. The van der Waals surface area contributed by atoms with Crippen molar-refractivity contribution in [2.45, 2.75) is 32.2 Å². The lowest BCUT2D eigenvalue weighted by molar-refractivity contribution is -0.130. The molecule has 0 aliphatic carbocycles. The summed E-state index contributed by atoms with van der Waals surface area (Å²) in [7, 11) is 0. The monoisotopic (exact) mass is 283 g/mol. The first-order chi connectivity index (χ1) is 10.2. The Morgan fingerprint density at radius 3 is 2.81 bits per heavy atom. The molecule has 21 heavy (non-hydrogen) atoms. The fourth-order valence-electron chi connectivity index (χ4n) is 2.94. The smallest absolute Gasteiger partial charge is 0.224 e. The van der Waals surface area contributed by atoms with Crippen molar-refractivity contribution in [2.24, 2.45) is 0 Å². The number of aromatic nitrogens is 2. The van der Waals surface area contributed by atoms with Crippen molar-refractivity contribution in [3.63, 3.8) is 0 Å². The van der Waals surface area contributed by atoms with Gasteiger partial charge in [0.2, 0.25) is 5.91 Å². The van der Waals surface area contributed by atoms with E-state index in [1.54, 1.807) is 0 Å². The van der Waals surface area contributed by atoms with Crippen LogP contribution >= 0.6 is 0 Å². The minimum Gasteiger partial charge on any atom is -0.342 e. The fraction of sp³-hybridized carbons (Fsp3) is 0.412. The molecule has 1 aliphatic heterocycles. The second-order valence-electron chi connectivity index (χ2n) is 5.71. The predicted molar refractivity (Wildman–Crippen MR) is 82.0 cm³/mol. The van der Waals surface area contributed by atoms with Gasteiger partial charge in [0.15, 0.2) is 0 Å². The summed E-state index contributed by atoms with van der Waals surface area (Å²) in [5, 5.41) is 4.32. The average Bonchev–Trinajstić information content (AvgIpc) is 3.15. The second kappa shape index (κ2) is 6.12. The van der Waals surface area contributed by atoms with Gasteiger partial charge in [-0.1, -0.05) is 30.3 Å². The summed E-state index contributed by atoms with van der Waals surface area (Å²) in [4.78, 5) is 14.3. The van der Waals surface area contributed by atoms with Crippen LogP contribution in [-0.2, 0) is 11.3 Å². The Kier molecular flexibility index (Phi) is 4.04. The molecule has 0 radical (unpaired) electrons. The van der Waals surface area contributed by atoms with Crippen molar-refractivity contribution in [3.05, 3.63) is 53.9 Å². The highest BCUT2D eigenvalue weighted by molar-refractivity contribution is 5.76. The molecule has 3 rings (SSSR count). The highest BCUT2D eigenvalue weighted by Crippen LogP contribution is 2.27. The topological polar surface area (TPSA) is 38.1 Å². The first kappa shape index (κ1) is 13.9. The molecule has 4 heteroatoms. The van der Waals surface area contributed by atoms with Crippen LogP contribution < -0.4 is 0 Å².